The molecule has 0 radical (unpaired) electrons. The van der Waals surface area contributed by atoms with Crippen LogP contribution in [0.15, 0.2) is 52.4 Å². The number of aromatic nitrogens is 2. The van der Waals surface area contributed by atoms with Gasteiger partial charge in [0, 0.05) is 29.8 Å². The van der Waals surface area contributed by atoms with Crippen LogP contribution in [0.4, 0.5) is 0 Å². The number of hydrogen-bond donors (Lipinski definition) is 1. The molecule has 35 heavy (non-hydrogen) atoms. The second kappa shape index (κ2) is 9.82. The van der Waals surface area contributed by atoms with E-state index in [1.807, 2.05) is 18.2 Å². The van der Waals surface area contributed by atoms with E-state index >= 15 is 0 Å². The number of carboxylic acid groups (broad SMARTS) is 1. The number of fused-ring (bicyclic) bond motifs is 1. The quantitative estimate of drug-likeness (QED) is 0.428. The third-order valence-electron chi connectivity index (χ3n) is 7.00. The fraction of sp³-hybridized carbons (Fsp3) is 0.407. The molecule has 1 aliphatic carbocycles. The Kier molecular flexibility index (Phi) is 6.60. The van der Waals surface area contributed by atoms with Crippen molar-refractivity contribution in [3.05, 3.63) is 69.2 Å². The highest BCUT2D eigenvalue weighted by molar-refractivity contribution is 6.30. The van der Waals surface area contributed by atoms with Crippen LogP contribution in [0.2, 0.25) is 5.02 Å². The smallest absolute Gasteiger partial charge is 0.303 e. The van der Waals surface area contributed by atoms with Crippen LogP contribution in [-0.4, -0.2) is 31.9 Å². The summed E-state index contributed by atoms with van der Waals surface area (Å²) in [5.74, 6) is -0.229. The molecule has 8 heteroatoms. The van der Waals surface area contributed by atoms with Gasteiger partial charge in [-0.3, -0.25) is 14.2 Å². The molecule has 1 aromatic heterocycles. The fourth-order valence-electron chi connectivity index (χ4n) is 5.14. The Hall–Kier alpha value is -3.19. The summed E-state index contributed by atoms with van der Waals surface area (Å²) in [6.07, 6.45) is 8.10. The summed E-state index contributed by atoms with van der Waals surface area (Å²) in [7, 11) is 0. The molecule has 1 saturated carbocycles. The molecule has 1 N–H and O–H groups in total. The molecule has 5 rings (SSSR count). The zero-order chi connectivity index (χ0) is 24.4. The maximum absolute atomic E-state index is 13.6. The van der Waals surface area contributed by atoms with E-state index in [1.54, 1.807) is 28.8 Å². The lowest BCUT2D eigenvalue weighted by molar-refractivity contribution is -0.137. The number of halogens is 1. The van der Waals surface area contributed by atoms with Gasteiger partial charge in [0.15, 0.2) is 0 Å². The Balaban J connectivity index is 1.51. The largest absolute Gasteiger partial charge is 0.481 e. The van der Waals surface area contributed by atoms with Crippen LogP contribution in [0.3, 0.4) is 0 Å². The van der Waals surface area contributed by atoms with Crippen LogP contribution in [0.5, 0.6) is 0 Å². The van der Waals surface area contributed by atoms with Gasteiger partial charge >= 0.3 is 5.97 Å². The second-order valence-electron chi connectivity index (χ2n) is 9.53. The topological polar surface area (TPSA) is 93.8 Å². The summed E-state index contributed by atoms with van der Waals surface area (Å²) in [6, 6.07) is 12.7. The molecule has 0 saturated heterocycles. The van der Waals surface area contributed by atoms with Crippen LogP contribution >= 0.6 is 11.6 Å². The lowest BCUT2D eigenvalue weighted by atomic mass is 9.81. The van der Waals surface area contributed by atoms with Gasteiger partial charge < -0.3 is 9.94 Å². The maximum atomic E-state index is 13.6. The van der Waals surface area contributed by atoms with Gasteiger partial charge in [-0.1, -0.05) is 29.2 Å². The molecule has 2 aromatic carbocycles. The van der Waals surface area contributed by atoms with E-state index in [9.17, 15) is 9.59 Å². The number of benzene rings is 2. The molecular formula is C27H28ClN3O4. The number of oxime groups is 1. The van der Waals surface area contributed by atoms with Crippen LogP contribution in [0.1, 0.15) is 69.2 Å². The minimum Gasteiger partial charge on any atom is -0.481 e. The van der Waals surface area contributed by atoms with Gasteiger partial charge in [-0.15, -0.1) is 0 Å². The van der Waals surface area contributed by atoms with Crippen LogP contribution in [0.25, 0.3) is 16.6 Å². The number of aryl methyl sites for hydroxylation is 1. The Morgan fingerprint density at radius 1 is 1.09 bits per heavy atom. The highest BCUT2D eigenvalue weighted by Crippen LogP contribution is 2.39. The number of unbranched alkanes of at least 4 members (excludes halogenated alkanes) is 1. The molecule has 7 nitrogen and oxygen atoms in total. The lowest BCUT2D eigenvalue weighted by Gasteiger charge is -2.30. The van der Waals surface area contributed by atoms with Crippen LogP contribution < -0.4 is 5.56 Å². The van der Waals surface area contributed by atoms with E-state index in [2.05, 4.69) is 5.16 Å². The molecule has 2 aliphatic rings. The number of carboxylic acids is 1. The van der Waals surface area contributed by atoms with E-state index in [1.165, 1.54) is 6.42 Å². The number of aliphatic carboxylic acids is 1. The number of nitrogens with zero attached hydrogens (tertiary/aromatic N) is 3. The fourth-order valence-corrected chi connectivity index (χ4v) is 5.26. The van der Waals surface area contributed by atoms with E-state index in [-0.39, 0.29) is 17.6 Å². The molecule has 0 unspecified atom stereocenters. The molecule has 1 fully saturated rings. The van der Waals surface area contributed by atoms with Crippen molar-refractivity contribution in [2.24, 2.45) is 5.16 Å². The van der Waals surface area contributed by atoms with Gasteiger partial charge in [-0.2, -0.15) is 0 Å². The Morgan fingerprint density at radius 2 is 1.86 bits per heavy atom. The molecular weight excluding hydrogens is 466 g/mol. The zero-order valence-electron chi connectivity index (χ0n) is 19.5. The first-order chi connectivity index (χ1) is 16.9. The van der Waals surface area contributed by atoms with E-state index in [0.29, 0.717) is 46.7 Å². The van der Waals surface area contributed by atoms with E-state index < -0.39 is 5.97 Å². The van der Waals surface area contributed by atoms with E-state index in [0.717, 1.165) is 43.4 Å². The Morgan fingerprint density at radius 3 is 2.60 bits per heavy atom. The van der Waals surface area contributed by atoms with Crippen molar-refractivity contribution in [2.45, 2.75) is 69.8 Å². The van der Waals surface area contributed by atoms with Gasteiger partial charge in [0.25, 0.3) is 5.56 Å². The van der Waals surface area contributed by atoms with Crippen molar-refractivity contribution >= 4 is 34.2 Å². The summed E-state index contributed by atoms with van der Waals surface area (Å²) in [6.45, 7) is 0. The maximum Gasteiger partial charge on any atom is 0.303 e. The summed E-state index contributed by atoms with van der Waals surface area (Å²) in [5.41, 5.74) is 2.78. The van der Waals surface area contributed by atoms with Crippen molar-refractivity contribution < 1.29 is 14.7 Å². The molecule has 0 bridgehead atoms. The Bertz CT molecular complexity index is 1340. The summed E-state index contributed by atoms with van der Waals surface area (Å²) < 4.78 is 1.60. The average molecular weight is 494 g/mol. The normalized spacial score (nSPS) is 16.9. The minimum absolute atomic E-state index is 0.0878. The van der Waals surface area contributed by atoms with Gasteiger partial charge in [-0.05, 0) is 74.9 Å². The molecule has 1 aliphatic heterocycles. The standard InChI is InChI=1S/C27H28ClN3O4/c28-19-9-11-20(12-10-19)31-24(6-2-3-7-25(32)33)29-22-16-18(8-13-21(22)26(31)34)23-17-27(35-30-23)14-4-1-5-15-27/h8-13,16H,1-7,14-15,17H2,(H,32,33). The molecule has 1 spiro atoms. The summed E-state index contributed by atoms with van der Waals surface area (Å²) in [4.78, 5) is 35.3. The predicted octanol–water partition coefficient (Wildman–Crippen LogP) is 5.66. The summed E-state index contributed by atoms with van der Waals surface area (Å²) in [5, 5.41) is 14.5. The minimum atomic E-state index is -0.827. The van der Waals surface area contributed by atoms with Gasteiger partial charge in [-0.25, -0.2) is 4.98 Å². The molecule has 2 heterocycles. The van der Waals surface area contributed by atoms with Crippen molar-refractivity contribution in [3.63, 3.8) is 0 Å². The number of carbonyl (C=O) groups is 1. The zero-order valence-corrected chi connectivity index (χ0v) is 20.3. The van der Waals surface area contributed by atoms with Crippen molar-refractivity contribution in [1.29, 1.82) is 0 Å². The SMILES string of the molecule is O=C(O)CCCCc1nc2cc(C3=NOC4(CCCCC4)C3)ccc2c(=O)n1-c1ccc(Cl)cc1. The third-order valence-corrected chi connectivity index (χ3v) is 7.25. The predicted molar refractivity (Wildman–Crippen MR) is 136 cm³/mol. The Labute approximate surface area is 208 Å². The van der Waals surface area contributed by atoms with Crippen molar-refractivity contribution in [3.8, 4) is 5.69 Å². The monoisotopic (exact) mass is 493 g/mol. The van der Waals surface area contributed by atoms with Crippen molar-refractivity contribution in [2.75, 3.05) is 0 Å². The average Bonchev–Trinajstić information content (AvgIpc) is 3.26. The third kappa shape index (κ3) is 4.96. The molecule has 3 aromatic rings. The first-order valence-electron chi connectivity index (χ1n) is 12.2. The second-order valence-corrected chi connectivity index (χ2v) is 9.96. The van der Waals surface area contributed by atoms with Gasteiger partial charge in [0.2, 0.25) is 0 Å². The molecule has 182 valence electrons. The van der Waals surface area contributed by atoms with Crippen LogP contribution in [-0.2, 0) is 16.1 Å². The lowest BCUT2D eigenvalue weighted by Crippen LogP contribution is -2.31. The van der Waals surface area contributed by atoms with Crippen LogP contribution in [0, 0.1) is 0 Å². The summed E-state index contributed by atoms with van der Waals surface area (Å²) >= 11 is 6.06. The molecule has 0 atom stereocenters. The number of rotatable bonds is 7. The van der Waals surface area contributed by atoms with Crippen molar-refractivity contribution in [1.82, 2.24) is 9.55 Å². The first kappa shape index (κ1) is 23.5. The highest BCUT2D eigenvalue weighted by atomic mass is 35.5. The van der Waals surface area contributed by atoms with Gasteiger partial charge in [0.05, 0.1) is 22.3 Å². The number of hydrogen-bond acceptors (Lipinski definition) is 5. The van der Waals surface area contributed by atoms with Gasteiger partial charge in [0.1, 0.15) is 11.4 Å². The van der Waals surface area contributed by atoms with E-state index in [4.69, 9.17) is 26.5 Å². The molecule has 0 amide bonds. The first-order valence-corrected chi connectivity index (χ1v) is 12.6. The highest BCUT2D eigenvalue weighted by Gasteiger charge is 2.40.